The van der Waals surface area contributed by atoms with Crippen LogP contribution < -0.4 is 9.47 Å². The second kappa shape index (κ2) is 6.96. The van der Waals surface area contributed by atoms with Crippen LogP contribution >= 0.6 is 11.8 Å². The second-order valence-corrected chi connectivity index (χ2v) is 8.27. The van der Waals surface area contributed by atoms with Crippen LogP contribution in [0.4, 0.5) is 5.69 Å². The summed E-state index contributed by atoms with van der Waals surface area (Å²) in [7, 11) is -1.96. The smallest absolute Gasteiger partial charge is 0.264 e. The molecule has 3 rings (SSSR count). The monoisotopic (exact) mass is 363 g/mol. The largest absolute Gasteiger partial charge is 0.335 e. The summed E-state index contributed by atoms with van der Waals surface area (Å²) in [6, 6.07) is 12.1. The standard InChI is InChI=1S/C17H18N2O3S2/c1-18-10-7-14(8-11-18)13-17-19(9-4-12-24(20,21)22)15-5-2-3-6-16(15)23-17/h2-3,5-8,10-11,13H,4,9,12H2,1H3/p+1. The molecule has 0 spiro atoms. The zero-order valence-electron chi connectivity index (χ0n) is 13.3. The van der Waals surface area contributed by atoms with Crippen LogP contribution in [0.25, 0.3) is 6.08 Å². The van der Waals surface area contributed by atoms with Crippen molar-refractivity contribution in [2.24, 2.45) is 7.05 Å². The number of aromatic nitrogens is 1. The van der Waals surface area contributed by atoms with Gasteiger partial charge in [-0.15, -0.1) is 0 Å². The van der Waals surface area contributed by atoms with Crippen LogP contribution in [0, 0.1) is 0 Å². The van der Waals surface area contributed by atoms with E-state index in [0.717, 1.165) is 21.2 Å². The molecule has 126 valence electrons. The van der Waals surface area contributed by atoms with Gasteiger partial charge in [0, 0.05) is 23.6 Å². The molecule has 0 radical (unpaired) electrons. The summed E-state index contributed by atoms with van der Waals surface area (Å²) in [6.45, 7) is 0.538. The number of anilines is 1. The molecule has 0 saturated carbocycles. The van der Waals surface area contributed by atoms with Gasteiger partial charge in [-0.25, -0.2) is 4.57 Å². The summed E-state index contributed by atoms with van der Waals surface area (Å²) in [6.07, 6.45) is 6.44. The molecule has 1 aromatic carbocycles. The lowest BCUT2D eigenvalue weighted by Gasteiger charge is -2.20. The molecule has 0 aliphatic carbocycles. The lowest BCUT2D eigenvalue weighted by Crippen LogP contribution is -2.25. The van der Waals surface area contributed by atoms with E-state index in [9.17, 15) is 8.42 Å². The molecule has 24 heavy (non-hydrogen) atoms. The number of hydrogen-bond acceptors (Lipinski definition) is 4. The Morgan fingerprint density at radius 2 is 1.92 bits per heavy atom. The Morgan fingerprint density at radius 1 is 1.21 bits per heavy atom. The van der Waals surface area contributed by atoms with Crippen molar-refractivity contribution >= 4 is 33.6 Å². The number of rotatable bonds is 5. The zero-order chi connectivity index (χ0) is 17.2. The fraction of sp³-hybridized carbons (Fsp3) is 0.235. The van der Waals surface area contributed by atoms with Gasteiger partial charge in [0.1, 0.15) is 7.05 Å². The summed E-state index contributed by atoms with van der Waals surface area (Å²) in [5, 5.41) is 1.06. The number of fused-ring (bicyclic) bond motifs is 1. The van der Waals surface area contributed by atoms with E-state index >= 15 is 0 Å². The first-order valence-corrected chi connectivity index (χ1v) is 10.0. The van der Waals surface area contributed by atoms with E-state index in [2.05, 4.69) is 17.0 Å². The molecule has 2 aromatic rings. The maximum Gasteiger partial charge on any atom is 0.264 e. The molecular formula is C17H19N2O3S2+. The normalized spacial score (nSPS) is 15.8. The first-order chi connectivity index (χ1) is 11.4. The fourth-order valence-corrected chi connectivity index (χ4v) is 4.19. The Morgan fingerprint density at radius 3 is 2.62 bits per heavy atom. The van der Waals surface area contributed by atoms with Gasteiger partial charge >= 0.3 is 0 Å². The van der Waals surface area contributed by atoms with E-state index in [4.69, 9.17) is 4.55 Å². The highest BCUT2D eigenvalue weighted by Gasteiger charge is 2.24. The lowest BCUT2D eigenvalue weighted by atomic mass is 10.2. The van der Waals surface area contributed by atoms with E-state index in [0.29, 0.717) is 13.0 Å². The predicted molar refractivity (Wildman–Crippen MR) is 96.3 cm³/mol. The summed E-state index contributed by atoms with van der Waals surface area (Å²) in [4.78, 5) is 3.26. The highest BCUT2D eigenvalue weighted by atomic mass is 32.2. The number of para-hydroxylation sites is 1. The molecule has 0 saturated heterocycles. The van der Waals surface area contributed by atoms with Crippen LogP contribution in [0.1, 0.15) is 12.0 Å². The molecule has 1 aromatic heterocycles. The fourth-order valence-electron chi connectivity index (χ4n) is 2.55. The average Bonchev–Trinajstić information content (AvgIpc) is 2.86. The van der Waals surface area contributed by atoms with Crippen molar-refractivity contribution in [2.75, 3.05) is 17.2 Å². The number of thioether (sulfide) groups is 1. The Labute approximate surface area is 146 Å². The number of benzene rings is 1. The molecule has 0 unspecified atom stereocenters. The van der Waals surface area contributed by atoms with Crippen LogP contribution in [0.15, 0.2) is 58.7 Å². The second-order valence-electron chi connectivity index (χ2n) is 5.64. The van der Waals surface area contributed by atoms with Gasteiger partial charge in [0.2, 0.25) is 0 Å². The van der Waals surface area contributed by atoms with Crippen LogP contribution in [0.2, 0.25) is 0 Å². The van der Waals surface area contributed by atoms with E-state index in [1.54, 1.807) is 11.8 Å². The molecule has 7 heteroatoms. The minimum Gasteiger partial charge on any atom is -0.335 e. The summed E-state index contributed by atoms with van der Waals surface area (Å²) < 4.78 is 32.9. The highest BCUT2D eigenvalue weighted by molar-refractivity contribution is 8.03. The number of hydrogen-bond donors (Lipinski definition) is 1. The Balaban J connectivity index is 1.86. The van der Waals surface area contributed by atoms with Gasteiger partial charge in [0.05, 0.1) is 16.5 Å². The van der Waals surface area contributed by atoms with E-state index < -0.39 is 10.1 Å². The molecule has 0 bridgehead atoms. The minimum absolute atomic E-state index is 0.231. The highest BCUT2D eigenvalue weighted by Crippen LogP contribution is 2.46. The maximum atomic E-state index is 11.0. The Bertz CT molecular complexity index is 862. The summed E-state index contributed by atoms with van der Waals surface area (Å²) in [5.74, 6) is -0.231. The minimum atomic E-state index is -3.93. The Hall–Kier alpha value is -1.83. The number of aryl methyl sites for hydroxylation is 1. The van der Waals surface area contributed by atoms with Crippen molar-refractivity contribution < 1.29 is 17.5 Å². The van der Waals surface area contributed by atoms with Crippen LogP contribution in [-0.2, 0) is 17.2 Å². The van der Waals surface area contributed by atoms with Crippen molar-refractivity contribution in [3.63, 3.8) is 0 Å². The van der Waals surface area contributed by atoms with E-state index in [-0.39, 0.29) is 5.75 Å². The first kappa shape index (κ1) is 17.0. The summed E-state index contributed by atoms with van der Waals surface area (Å²) in [5.41, 5.74) is 2.16. The quantitative estimate of drug-likeness (QED) is 0.654. The topological polar surface area (TPSA) is 61.5 Å². The van der Waals surface area contributed by atoms with Gasteiger partial charge in [-0.05, 0) is 30.2 Å². The molecule has 2 heterocycles. The first-order valence-electron chi connectivity index (χ1n) is 7.59. The van der Waals surface area contributed by atoms with Crippen molar-refractivity contribution in [1.82, 2.24) is 0 Å². The molecule has 5 nitrogen and oxygen atoms in total. The third-order valence-corrected chi connectivity index (χ3v) is 5.63. The lowest BCUT2D eigenvalue weighted by molar-refractivity contribution is -0.671. The molecule has 1 aliphatic heterocycles. The van der Waals surface area contributed by atoms with Crippen LogP contribution in [0.5, 0.6) is 0 Å². The van der Waals surface area contributed by atoms with Gasteiger partial charge < -0.3 is 4.90 Å². The van der Waals surface area contributed by atoms with E-state index in [1.807, 2.05) is 54.3 Å². The number of pyridine rings is 1. The van der Waals surface area contributed by atoms with Crippen molar-refractivity contribution in [3.8, 4) is 0 Å². The molecular weight excluding hydrogens is 344 g/mol. The van der Waals surface area contributed by atoms with Gasteiger partial charge in [-0.2, -0.15) is 8.42 Å². The van der Waals surface area contributed by atoms with Gasteiger partial charge in [-0.1, -0.05) is 23.9 Å². The summed E-state index contributed by atoms with van der Waals surface area (Å²) >= 11 is 1.67. The van der Waals surface area contributed by atoms with Gasteiger partial charge in [-0.3, -0.25) is 4.55 Å². The van der Waals surface area contributed by atoms with Crippen LogP contribution in [0.3, 0.4) is 0 Å². The average molecular weight is 363 g/mol. The molecule has 0 fully saturated rings. The predicted octanol–water partition coefficient (Wildman–Crippen LogP) is 2.70. The third kappa shape index (κ3) is 4.17. The van der Waals surface area contributed by atoms with Gasteiger partial charge in [0.15, 0.2) is 12.4 Å². The van der Waals surface area contributed by atoms with Crippen molar-refractivity contribution in [1.29, 1.82) is 0 Å². The van der Waals surface area contributed by atoms with E-state index in [1.165, 1.54) is 0 Å². The molecule has 1 N–H and O–H groups in total. The molecule has 0 atom stereocenters. The zero-order valence-corrected chi connectivity index (χ0v) is 14.9. The van der Waals surface area contributed by atoms with Crippen molar-refractivity contribution in [2.45, 2.75) is 11.3 Å². The van der Waals surface area contributed by atoms with Gasteiger partial charge in [0.25, 0.3) is 10.1 Å². The van der Waals surface area contributed by atoms with Crippen molar-refractivity contribution in [3.05, 3.63) is 59.4 Å². The molecule has 0 amide bonds. The Kier molecular flexibility index (Phi) is 4.93. The van der Waals surface area contributed by atoms with Crippen LogP contribution in [-0.4, -0.2) is 25.3 Å². The SMILES string of the molecule is C[n+]1ccc(C=C2Sc3ccccc3N2CCCS(=O)(=O)O)cc1. The number of nitrogens with zero attached hydrogens (tertiary/aromatic N) is 2. The third-order valence-electron chi connectivity index (χ3n) is 3.72. The molecule has 1 aliphatic rings. The maximum absolute atomic E-state index is 11.0.